The number of ether oxygens (including phenoxy) is 1. The van der Waals surface area contributed by atoms with Gasteiger partial charge in [-0.25, -0.2) is 4.79 Å². The Bertz CT molecular complexity index is 726. The Labute approximate surface area is 121 Å². The molecule has 0 aliphatic heterocycles. The molecular weight excluding hydrogens is 272 g/mol. The zero-order valence-corrected chi connectivity index (χ0v) is 11.6. The van der Waals surface area contributed by atoms with Crippen LogP contribution in [-0.4, -0.2) is 29.1 Å². The summed E-state index contributed by atoms with van der Waals surface area (Å²) < 4.78 is 5.22. The first kappa shape index (κ1) is 14.5. The molecule has 2 rings (SSSR count). The summed E-state index contributed by atoms with van der Waals surface area (Å²) in [5.41, 5.74) is 6.85. The lowest BCUT2D eigenvalue weighted by Crippen LogP contribution is -2.11. The minimum atomic E-state index is -1.11. The molecule has 21 heavy (non-hydrogen) atoms. The molecule has 1 amide bonds. The Kier molecular flexibility index (Phi) is 3.89. The number of aromatic carboxylic acids is 1. The average molecular weight is 286 g/mol. The lowest BCUT2D eigenvalue weighted by Gasteiger charge is -2.12. The molecule has 0 spiro atoms. The van der Waals surface area contributed by atoms with E-state index in [0.29, 0.717) is 17.0 Å². The third kappa shape index (κ3) is 2.84. The molecule has 1 heterocycles. The summed E-state index contributed by atoms with van der Waals surface area (Å²) in [5.74, 6) is -1.30. The van der Waals surface area contributed by atoms with E-state index in [-0.39, 0.29) is 16.8 Å². The SMILES string of the molecule is COc1ccc(C(N)=O)cc1-c1nc(C)ccc1C(=O)O. The molecule has 0 aliphatic carbocycles. The van der Waals surface area contributed by atoms with E-state index < -0.39 is 11.9 Å². The first-order valence-electron chi connectivity index (χ1n) is 6.13. The van der Waals surface area contributed by atoms with Gasteiger partial charge in [-0.05, 0) is 37.3 Å². The van der Waals surface area contributed by atoms with Crippen molar-refractivity contribution in [2.24, 2.45) is 5.73 Å². The molecule has 0 atom stereocenters. The molecule has 3 N–H and O–H groups in total. The van der Waals surface area contributed by atoms with Crippen LogP contribution < -0.4 is 10.5 Å². The van der Waals surface area contributed by atoms with Gasteiger partial charge in [0.2, 0.25) is 5.91 Å². The lowest BCUT2D eigenvalue weighted by atomic mass is 10.0. The van der Waals surface area contributed by atoms with Gasteiger partial charge in [-0.15, -0.1) is 0 Å². The first-order valence-corrected chi connectivity index (χ1v) is 6.13. The Morgan fingerprint density at radius 3 is 2.52 bits per heavy atom. The fourth-order valence-electron chi connectivity index (χ4n) is 1.98. The van der Waals surface area contributed by atoms with Crippen LogP contribution in [-0.2, 0) is 0 Å². The molecule has 108 valence electrons. The van der Waals surface area contributed by atoms with Gasteiger partial charge in [0, 0.05) is 16.8 Å². The number of nitrogens with two attached hydrogens (primary N) is 1. The molecule has 0 fully saturated rings. The van der Waals surface area contributed by atoms with Crippen LogP contribution in [0.25, 0.3) is 11.3 Å². The highest BCUT2D eigenvalue weighted by atomic mass is 16.5. The number of aromatic nitrogens is 1. The van der Waals surface area contributed by atoms with Crippen LogP contribution in [0.2, 0.25) is 0 Å². The molecule has 0 bridgehead atoms. The molecule has 0 unspecified atom stereocenters. The van der Waals surface area contributed by atoms with Gasteiger partial charge in [0.25, 0.3) is 0 Å². The molecule has 0 aliphatic rings. The highest BCUT2D eigenvalue weighted by Gasteiger charge is 2.18. The fraction of sp³-hybridized carbons (Fsp3) is 0.133. The van der Waals surface area contributed by atoms with Crippen molar-refractivity contribution in [3.05, 3.63) is 47.2 Å². The van der Waals surface area contributed by atoms with E-state index in [1.165, 1.54) is 25.3 Å². The zero-order chi connectivity index (χ0) is 15.6. The van der Waals surface area contributed by atoms with Crippen molar-refractivity contribution in [2.75, 3.05) is 7.11 Å². The van der Waals surface area contributed by atoms with Crippen LogP contribution >= 0.6 is 0 Å². The van der Waals surface area contributed by atoms with Crippen LogP contribution in [0.15, 0.2) is 30.3 Å². The number of aryl methyl sites for hydroxylation is 1. The summed E-state index contributed by atoms with van der Waals surface area (Å²) in [6.07, 6.45) is 0. The second-order valence-electron chi connectivity index (χ2n) is 4.43. The molecule has 1 aromatic carbocycles. The number of nitrogens with zero attached hydrogens (tertiary/aromatic N) is 1. The molecule has 6 heteroatoms. The molecule has 1 aromatic heterocycles. The van der Waals surface area contributed by atoms with Gasteiger partial charge in [0.05, 0.1) is 18.4 Å². The maximum atomic E-state index is 11.4. The highest BCUT2D eigenvalue weighted by Crippen LogP contribution is 2.32. The lowest BCUT2D eigenvalue weighted by molar-refractivity contribution is 0.0697. The summed E-state index contributed by atoms with van der Waals surface area (Å²) in [7, 11) is 1.46. The van der Waals surface area contributed by atoms with Crippen molar-refractivity contribution in [2.45, 2.75) is 6.92 Å². The van der Waals surface area contributed by atoms with Crippen LogP contribution in [0.3, 0.4) is 0 Å². The van der Waals surface area contributed by atoms with E-state index in [1.54, 1.807) is 19.1 Å². The van der Waals surface area contributed by atoms with Gasteiger partial charge < -0.3 is 15.6 Å². The minimum absolute atomic E-state index is 0.0283. The number of rotatable bonds is 4. The fourth-order valence-corrected chi connectivity index (χ4v) is 1.98. The average Bonchev–Trinajstić information content (AvgIpc) is 2.46. The number of hydrogen-bond donors (Lipinski definition) is 2. The van der Waals surface area contributed by atoms with E-state index in [1.807, 2.05) is 0 Å². The second-order valence-corrected chi connectivity index (χ2v) is 4.43. The summed E-state index contributed by atoms with van der Waals surface area (Å²) >= 11 is 0. The standard InChI is InChI=1S/C15H14N2O4/c1-8-3-5-10(15(19)20)13(17-8)11-7-9(14(16)18)4-6-12(11)21-2/h3-7H,1-2H3,(H2,16,18)(H,19,20). The van der Waals surface area contributed by atoms with Crippen LogP contribution in [0.1, 0.15) is 26.4 Å². The summed E-state index contributed by atoms with van der Waals surface area (Å²) in [5, 5.41) is 9.29. The predicted molar refractivity (Wildman–Crippen MR) is 76.4 cm³/mol. The summed E-state index contributed by atoms with van der Waals surface area (Å²) in [4.78, 5) is 26.9. The molecule has 0 saturated carbocycles. The number of primary amides is 1. The monoisotopic (exact) mass is 286 g/mol. The van der Waals surface area contributed by atoms with Gasteiger partial charge in [0.15, 0.2) is 0 Å². The van der Waals surface area contributed by atoms with Crippen molar-refractivity contribution in [1.29, 1.82) is 0 Å². The third-order valence-corrected chi connectivity index (χ3v) is 3.00. The van der Waals surface area contributed by atoms with Crippen LogP contribution in [0.4, 0.5) is 0 Å². The van der Waals surface area contributed by atoms with E-state index >= 15 is 0 Å². The number of carbonyl (C=O) groups excluding carboxylic acids is 1. The van der Waals surface area contributed by atoms with Crippen molar-refractivity contribution >= 4 is 11.9 Å². The third-order valence-electron chi connectivity index (χ3n) is 3.00. The number of carbonyl (C=O) groups is 2. The minimum Gasteiger partial charge on any atom is -0.496 e. The Hall–Kier alpha value is -2.89. The maximum absolute atomic E-state index is 11.4. The number of amides is 1. The Morgan fingerprint density at radius 2 is 1.95 bits per heavy atom. The predicted octanol–water partition coefficient (Wildman–Crippen LogP) is 1.86. The number of carboxylic acids is 1. The van der Waals surface area contributed by atoms with Crippen molar-refractivity contribution in [3.63, 3.8) is 0 Å². The number of carboxylic acid groups (broad SMARTS) is 1. The van der Waals surface area contributed by atoms with E-state index in [4.69, 9.17) is 10.5 Å². The largest absolute Gasteiger partial charge is 0.496 e. The van der Waals surface area contributed by atoms with Gasteiger partial charge in [0.1, 0.15) is 5.75 Å². The maximum Gasteiger partial charge on any atom is 0.337 e. The topological polar surface area (TPSA) is 103 Å². The highest BCUT2D eigenvalue weighted by molar-refractivity contribution is 5.98. The van der Waals surface area contributed by atoms with Crippen molar-refractivity contribution in [3.8, 4) is 17.0 Å². The van der Waals surface area contributed by atoms with Gasteiger partial charge in [-0.2, -0.15) is 0 Å². The van der Waals surface area contributed by atoms with Gasteiger partial charge >= 0.3 is 5.97 Å². The molecule has 2 aromatic rings. The normalized spacial score (nSPS) is 10.2. The quantitative estimate of drug-likeness (QED) is 0.893. The van der Waals surface area contributed by atoms with Crippen molar-refractivity contribution in [1.82, 2.24) is 4.98 Å². The first-order chi connectivity index (χ1) is 9.93. The summed E-state index contributed by atoms with van der Waals surface area (Å²) in [6, 6.07) is 7.63. The molecule has 0 radical (unpaired) electrons. The number of pyridine rings is 1. The Balaban J connectivity index is 2.75. The van der Waals surface area contributed by atoms with Crippen molar-refractivity contribution < 1.29 is 19.4 Å². The molecular formula is C15H14N2O4. The second kappa shape index (κ2) is 5.62. The van der Waals surface area contributed by atoms with Gasteiger partial charge in [-0.3, -0.25) is 9.78 Å². The van der Waals surface area contributed by atoms with Gasteiger partial charge in [-0.1, -0.05) is 0 Å². The number of methoxy groups -OCH3 is 1. The van der Waals surface area contributed by atoms with E-state index in [9.17, 15) is 14.7 Å². The number of benzene rings is 1. The zero-order valence-electron chi connectivity index (χ0n) is 11.6. The molecule has 0 saturated heterocycles. The molecule has 6 nitrogen and oxygen atoms in total. The number of hydrogen-bond acceptors (Lipinski definition) is 4. The van der Waals surface area contributed by atoms with E-state index in [0.717, 1.165) is 0 Å². The smallest absolute Gasteiger partial charge is 0.337 e. The van der Waals surface area contributed by atoms with Crippen LogP contribution in [0.5, 0.6) is 5.75 Å². The van der Waals surface area contributed by atoms with E-state index in [2.05, 4.69) is 4.98 Å². The van der Waals surface area contributed by atoms with Crippen LogP contribution in [0, 0.1) is 6.92 Å². The summed E-state index contributed by atoms with van der Waals surface area (Å²) in [6.45, 7) is 1.75. The Morgan fingerprint density at radius 1 is 1.24 bits per heavy atom.